The first-order valence-corrected chi connectivity index (χ1v) is 13.4. The molecule has 4 amide bonds. The van der Waals surface area contributed by atoms with E-state index < -0.39 is 17.4 Å². The second kappa shape index (κ2) is 12.2. The van der Waals surface area contributed by atoms with Gasteiger partial charge in [0.05, 0.1) is 11.1 Å². The average molecular weight is 544 g/mol. The Balaban J connectivity index is 1.57. The predicted molar refractivity (Wildman–Crippen MR) is 150 cm³/mol. The Bertz CT molecular complexity index is 1370. The van der Waals surface area contributed by atoms with Gasteiger partial charge in [0.2, 0.25) is 11.8 Å². The highest BCUT2D eigenvalue weighted by Crippen LogP contribution is 2.23. The molecule has 40 heavy (non-hydrogen) atoms. The van der Waals surface area contributed by atoms with Crippen LogP contribution in [0.1, 0.15) is 65.5 Å². The van der Waals surface area contributed by atoms with Gasteiger partial charge >= 0.3 is 0 Å². The van der Waals surface area contributed by atoms with Gasteiger partial charge in [-0.25, -0.2) is 4.39 Å². The number of hydrogen-bond acceptors (Lipinski definition) is 4. The van der Waals surface area contributed by atoms with Crippen LogP contribution < -0.4 is 5.32 Å². The number of imide groups is 1. The summed E-state index contributed by atoms with van der Waals surface area (Å²) < 4.78 is 14.7. The SMILES string of the molecule is CC(C)(C)NC(=O)C(Cc1ccccc1)N(Cc1ccccc1F)C(=O)CCCN1C(=O)c2ccccc2C1=O. The summed E-state index contributed by atoms with van der Waals surface area (Å²) in [6.45, 7) is 5.53. The third-order valence-corrected chi connectivity index (χ3v) is 6.72. The molecule has 7 nitrogen and oxygen atoms in total. The van der Waals surface area contributed by atoms with E-state index in [1.165, 1.54) is 11.0 Å². The lowest BCUT2D eigenvalue weighted by Crippen LogP contribution is -2.54. The summed E-state index contributed by atoms with van der Waals surface area (Å²) in [5, 5.41) is 2.97. The zero-order chi connectivity index (χ0) is 28.9. The number of nitrogens with zero attached hydrogens (tertiary/aromatic N) is 2. The van der Waals surface area contributed by atoms with Crippen molar-refractivity contribution in [1.29, 1.82) is 0 Å². The quantitative estimate of drug-likeness (QED) is 0.374. The van der Waals surface area contributed by atoms with Crippen LogP contribution in [0, 0.1) is 5.82 Å². The molecule has 0 bridgehead atoms. The van der Waals surface area contributed by atoms with Crippen molar-refractivity contribution in [3.05, 3.63) is 107 Å². The number of benzene rings is 3. The van der Waals surface area contributed by atoms with Gasteiger partial charge in [-0.2, -0.15) is 0 Å². The van der Waals surface area contributed by atoms with E-state index in [4.69, 9.17) is 0 Å². The van der Waals surface area contributed by atoms with Gasteiger partial charge in [-0.3, -0.25) is 24.1 Å². The topological polar surface area (TPSA) is 86.8 Å². The van der Waals surface area contributed by atoms with Crippen LogP contribution in [0.2, 0.25) is 0 Å². The zero-order valence-corrected chi connectivity index (χ0v) is 23.0. The smallest absolute Gasteiger partial charge is 0.261 e. The number of rotatable bonds is 10. The molecule has 1 N–H and O–H groups in total. The summed E-state index contributed by atoms with van der Waals surface area (Å²) >= 11 is 0. The number of amides is 4. The van der Waals surface area contributed by atoms with Crippen LogP contribution >= 0.6 is 0 Å². The molecule has 8 heteroatoms. The van der Waals surface area contributed by atoms with Gasteiger partial charge in [0.25, 0.3) is 11.8 Å². The number of nitrogens with one attached hydrogen (secondary N) is 1. The summed E-state index contributed by atoms with van der Waals surface area (Å²) in [4.78, 5) is 55.4. The van der Waals surface area contributed by atoms with E-state index in [0.29, 0.717) is 11.1 Å². The monoisotopic (exact) mass is 543 g/mol. The number of fused-ring (bicyclic) bond motifs is 1. The Hall–Kier alpha value is -4.33. The number of hydrogen-bond donors (Lipinski definition) is 1. The van der Waals surface area contributed by atoms with Gasteiger partial charge in [0, 0.05) is 37.0 Å². The van der Waals surface area contributed by atoms with E-state index in [1.807, 2.05) is 51.1 Å². The van der Waals surface area contributed by atoms with Crippen LogP contribution in [0.4, 0.5) is 4.39 Å². The average Bonchev–Trinajstić information content (AvgIpc) is 3.16. The van der Waals surface area contributed by atoms with Crippen LogP contribution in [0.25, 0.3) is 0 Å². The second-order valence-electron chi connectivity index (χ2n) is 11.0. The maximum atomic E-state index is 14.7. The molecule has 208 valence electrons. The largest absolute Gasteiger partial charge is 0.350 e. The molecule has 1 heterocycles. The maximum Gasteiger partial charge on any atom is 0.261 e. The van der Waals surface area contributed by atoms with Crippen molar-refractivity contribution in [3.8, 4) is 0 Å². The van der Waals surface area contributed by atoms with Crippen LogP contribution in [0.5, 0.6) is 0 Å². The van der Waals surface area contributed by atoms with Crippen molar-refractivity contribution in [1.82, 2.24) is 15.1 Å². The van der Waals surface area contributed by atoms with Gasteiger partial charge in [-0.1, -0.05) is 60.7 Å². The molecule has 0 aliphatic carbocycles. The molecule has 1 aliphatic heterocycles. The van der Waals surface area contributed by atoms with Crippen molar-refractivity contribution < 1.29 is 23.6 Å². The Kier molecular flexibility index (Phi) is 8.77. The molecular formula is C32H34FN3O4. The second-order valence-corrected chi connectivity index (χ2v) is 11.0. The van der Waals surface area contributed by atoms with E-state index in [1.54, 1.807) is 42.5 Å². The van der Waals surface area contributed by atoms with E-state index in [2.05, 4.69) is 5.32 Å². The Labute approximate surface area is 234 Å². The van der Waals surface area contributed by atoms with Gasteiger partial charge in [0.15, 0.2) is 0 Å². The summed E-state index contributed by atoms with van der Waals surface area (Å²) in [6.07, 6.45) is 0.411. The first kappa shape index (κ1) is 28.7. The zero-order valence-electron chi connectivity index (χ0n) is 23.0. The Morgan fingerprint density at radius 1 is 0.875 bits per heavy atom. The molecule has 0 spiro atoms. The third-order valence-electron chi connectivity index (χ3n) is 6.72. The van der Waals surface area contributed by atoms with Gasteiger partial charge in [-0.15, -0.1) is 0 Å². The van der Waals surface area contributed by atoms with Crippen LogP contribution in [0.3, 0.4) is 0 Å². The highest BCUT2D eigenvalue weighted by Gasteiger charge is 2.36. The molecule has 1 aliphatic rings. The number of halogens is 1. The molecule has 0 fully saturated rings. The summed E-state index contributed by atoms with van der Waals surface area (Å²) in [5.41, 5.74) is 1.29. The van der Waals surface area contributed by atoms with E-state index >= 15 is 0 Å². The van der Waals surface area contributed by atoms with Crippen molar-refractivity contribution in [2.75, 3.05) is 6.54 Å². The Morgan fingerprint density at radius 2 is 1.45 bits per heavy atom. The number of carbonyl (C=O) groups is 4. The molecule has 1 unspecified atom stereocenters. The van der Waals surface area contributed by atoms with Crippen molar-refractivity contribution in [2.24, 2.45) is 0 Å². The molecule has 0 saturated carbocycles. The van der Waals surface area contributed by atoms with E-state index in [0.717, 1.165) is 10.5 Å². The predicted octanol–water partition coefficient (Wildman–Crippen LogP) is 4.76. The van der Waals surface area contributed by atoms with Crippen LogP contribution in [-0.4, -0.2) is 51.6 Å². The molecular weight excluding hydrogens is 509 g/mol. The van der Waals surface area contributed by atoms with Crippen molar-refractivity contribution in [2.45, 2.75) is 58.2 Å². The van der Waals surface area contributed by atoms with E-state index in [9.17, 15) is 23.6 Å². The first-order valence-electron chi connectivity index (χ1n) is 13.4. The lowest BCUT2D eigenvalue weighted by atomic mass is 10.00. The third kappa shape index (κ3) is 6.81. The molecule has 0 aromatic heterocycles. The summed E-state index contributed by atoms with van der Waals surface area (Å²) in [6, 6.07) is 21.2. The van der Waals surface area contributed by atoms with Crippen LogP contribution in [0.15, 0.2) is 78.9 Å². The lowest BCUT2D eigenvalue weighted by molar-refractivity contribution is -0.142. The standard InChI is InChI=1S/C32H34FN3O4/c1-32(2,3)34-29(38)27(20-22-12-5-4-6-13-22)36(21-23-14-7-10-17-26(23)33)28(37)18-11-19-35-30(39)24-15-8-9-16-25(24)31(35)40/h4-10,12-17,27H,11,18-21H2,1-3H3,(H,34,38). The minimum Gasteiger partial charge on any atom is -0.350 e. The van der Waals surface area contributed by atoms with Crippen molar-refractivity contribution >= 4 is 23.6 Å². The summed E-state index contributed by atoms with van der Waals surface area (Å²) in [5.74, 6) is -1.96. The lowest BCUT2D eigenvalue weighted by Gasteiger charge is -2.34. The van der Waals surface area contributed by atoms with Gasteiger partial charge < -0.3 is 10.2 Å². The fraction of sp³-hybridized carbons (Fsp3) is 0.312. The molecule has 1 atom stereocenters. The fourth-order valence-corrected chi connectivity index (χ4v) is 4.79. The maximum absolute atomic E-state index is 14.7. The van der Waals surface area contributed by atoms with E-state index in [-0.39, 0.29) is 61.5 Å². The molecule has 4 rings (SSSR count). The molecule has 0 radical (unpaired) electrons. The summed E-state index contributed by atoms with van der Waals surface area (Å²) in [7, 11) is 0. The minimum absolute atomic E-state index is 0.0318. The van der Waals surface area contributed by atoms with Gasteiger partial charge in [-0.05, 0) is 51.0 Å². The fourth-order valence-electron chi connectivity index (χ4n) is 4.79. The first-order chi connectivity index (χ1) is 19.0. The molecule has 3 aromatic carbocycles. The molecule has 0 saturated heterocycles. The minimum atomic E-state index is -0.909. The molecule has 3 aromatic rings. The van der Waals surface area contributed by atoms with Crippen LogP contribution in [-0.2, 0) is 22.6 Å². The van der Waals surface area contributed by atoms with Crippen molar-refractivity contribution in [3.63, 3.8) is 0 Å². The van der Waals surface area contributed by atoms with Gasteiger partial charge in [0.1, 0.15) is 11.9 Å². The Morgan fingerprint density at radius 3 is 2.05 bits per heavy atom. The normalized spacial score (nSPS) is 13.7. The number of carbonyl (C=O) groups excluding carboxylic acids is 4. The highest BCUT2D eigenvalue weighted by atomic mass is 19.1. The highest BCUT2D eigenvalue weighted by molar-refractivity contribution is 6.21.